The summed E-state index contributed by atoms with van der Waals surface area (Å²) in [6.45, 7) is 3.72. The van der Waals surface area contributed by atoms with E-state index in [0.717, 1.165) is 5.56 Å². The van der Waals surface area contributed by atoms with E-state index in [0.29, 0.717) is 0 Å². The third-order valence-electron chi connectivity index (χ3n) is 2.83. The van der Waals surface area contributed by atoms with Crippen LogP contribution in [0.5, 0.6) is 0 Å². The van der Waals surface area contributed by atoms with Crippen LogP contribution >= 0.6 is 0 Å². The molecule has 0 saturated carbocycles. The van der Waals surface area contributed by atoms with Crippen molar-refractivity contribution in [3.63, 3.8) is 0 Å². The predicted octanol–water partition coefficient (Wildman–Crippen LogP) is 0.708. The molecule has 0 amide bonds. The Labute approximate surface area is 121 Å². The van der Waals surface area contributed by atoms with E-state index in [-0.39, 0.29) is 24.2 Å². The molecule has 1 aromatic rings. The minimum atomic E-state index is -0.781. The number of nitrogens with zero attached hydrogens (tertiary/aromatic N) is 4. The van der Waals surface area contributed by atoms with E-state index < -0.39 is 10.6 Å². The van der Waals surface area contributed by atoms with E-state index in [1.165, 1.54) is 17.2 Å². The Morgan fingerprint density at radius 3 is 2.48 bits per heavy atom. The number of hydrogen-bond acceptors (Lipinski definition) is 8. The van der Waals surface area contributed by atoms with E-state index in [9.17, 15) is 10.1 Å². The van der Waals surface area contributed by atoms with E-state index in [1.807, 2.05) is 0 Å². The maximum absolute atomic E-state index is 10.6. The summed E-state index contributed by atoms with van der Waals surface area (Å²) in [5.41, 5.74) is 11.3. The third kappa shape index (κ3) is 3.26. The van der Waals surface area contributed by atoms with Gasteiger partial charge in [-0.2, -0.15) is 10.1 Å². The lowest BCUT2D eigenvalue weighted by molar-refractivity contribution is -0.384. The third-order valence-corrected chi connectivity index (χ3v) is 2.83. The molecular weight excluding hydrogens is 276 g/mol. The molecule has 0 fully saturated rings. The van der Waals surface area contributed by atoms with Crippen LogP contribution in [0.15, 0.2) is 34.3 Å². The SMILES string of the molecule is CC1(C)N=C(N)N=C(N)N1OCc1ccc([N+](=O)[O-])cc1. The van der Waals surface area contributed by atoms with Crippen LogP contribution in [-0.4, -0.2) is 27.6 Å². The van der Waals surface area contributed by atoms with Crippen LogP contribution < -0.4 is 11.5 Å². The molecule has 0 atom stereocenters. The van der Waals surface area contributed by atoms with Crippen LogP contribution in [0.25, 0.3) is 0 Å². The number of nitrogens with two attached hydrogens (primary N) is 2. The molecule has 4 N–H and O–H groups in total. The minimum absolute atomic E-state index is 0.0236. The summed E-state index contributed by atoms with van der Waals surface area (Å²) in [4.78, 5) is 23.7. The standard InChI is InChI=1S/C12H16N6O3/c1-12(2)16-10(13)15-11(14)17(12)21-7-8-3-5-9(6-4-8)18(19)20/h3-6H,7H2,1-2H3,(H4,13,14,15,16). The average molecular weight is 292 g/mol. The van der Waals surface area contributed by atoms with Gasteiger partial charge in [-0.15, -0.1) is 0 Å². The first-order valence-corrected chi connectivity index (χ1v) is 6.15. The molecule has 9 nitrogen and oxygen atoms in total. The van der Waals surface area contributed by atoms with Crippen LogP contribution in [0.2, 0.25) is 0 Å². The molecule has 112 valence electrons. The first kappa shape index (κ1) is 14.7. The van der Waals surface area contributed by atoms with E-state index >= 15 is 0 Å². The summed E-state index contributed by atoms with van der Waals surface area (Å²) in [5.74, 6) is 0.196. The Hall–Kier alpha value is -2.68. The van der Waals surface area contributed by atoms with Gasteiger partial charge in [0, 0.05) is 12.1 Å². The van der Waals surface area contributed by atoms with Crippen LogP contribution in [0, 0.1) is 10.1 Å². The van der Waals surface area contributed by atoms with Crippen molar-refractivity contribution < 1.29 is 9.76 Å². The Balaban J connectivity index is 2.06. The van der Waals surface area contributed by atoms with Gasteiger partial charge < -0.3 is 11.5 Å². The summed E-state index contributed by atoms with van der Waals surface area (Å²) in [6.07, 6.45) is 0. The van der Waals surface area contributed by atoms with Gasteiger partial charge in [0.15, 0.2) is 5.66 Å². The van der Waals surface area contributed by atoms with Crippen molar-refractivity contribution in [2.24, 2.45) is 21.5 Å². The zero-order valence-electron chi connectivity index (χ0n) is 11.7. The lowest BCUT2D eigenvalue weighted by Crippen LogP contribution is -2.53. The fraction of sp³-hybridized carbons (Fsp3) is 0.333. The average Bonchev–Trinajstić information content (AvgIpc) is 2.36. The topological polar surface area (TPSA) is 132 Å². The van der Waals surface area contributed by atoms with Crippen LogP contribution in [0.4, 0.5) is 5.69 Å². The number of hydrogen-bond donors (Lipinski definition) is 2. The fourth-order valence-corrected chi connectivity index (χ4v) is 1.87. The van der Waals surface area contributed by atoms with Crippen molar-refractivity contribution in [1.29, 1.82) is 0 Å². The number of non-ortho nitro benzene ring substituents is 1. The van der Waals surface area contributed by atoms with Gasteiger partial charge in [0.05, 0.1) is 4.92 Å². The van der Waals surface area contributed by atoms with Crippen molar-refractivity contribution in [2.75, 3.05) is 0 Å². The van der Waals surface area contributed by atoms with E-state index in [2.05, 4.69) is 9.98 Å². The molecule has 2 rings (SSSR count). The molecule has 21 heavy (non-hydrogen) atoms. The number of rotatable bonds is 4. The molecule has 0 saturated heterocycles. The lowest BCUT2D eigenvalue weighted by atomic mass is 10.2. The molecule has 1 heterocycles. The van der Waals surface area contributed by atoms with Gasteiger partial charge >= 0.3 is 0 Å². The number of guanidine groups is 2. The highest BCUT2D eigenvalue weighted by molar-refractivity contribution is 5.95. The Bertz CT molecular complexity index is 608. The maximum atomic E-state index is 10.6. The number of hydroxylamine groups is 2. The van der Waals surface area contributed by atoms with Crippen molar-refractivity contribution in [1.82, 2.24) is 5.06 Å². The highest BCUT2D eigenvalue weighted by Crippen LogP contribution is 2.21. The molecule has 1 aromatic carbocycles. The molecule has 0 radical (unpaired) electrons. The Kier molecular flexibility index (Phi) is 3.76. The molecule has 0 bridgehead atoms. The number of aliphatic imine (C=N–C) groups is 2. The van der Waals surface area contributed by atoms with Crippen LogP contribution in [0.3, 0.4) is 0 Å². The smallest absolute Gasteiger partial charge is 0.269 e. The predicted molar refractivity (Wildman–Crippen MR) is 77.0 cm³/mol. The maximum Gasteiger partial charge on any atom is 0.269 e. The van der Waals surface area contributed by atoms with Gasteiger partial charge in [-0.1, -0.05) is 0 Å². The molecule has 1 aliphatic heterocycles. The number of nitro benzene ring substituents is 1. The fourth-order valence-electron chi connectivity index (χ4n) is 1.87. The van der Waals surface area contributed by atoms with Crippen LogP contribution in [-0.2, 0) is 11.4 Å². The van der Waals surface area contributed by atoms with Gasteiger partial charge in [-0.05, 0) is 31.5 Å². The Morgan fingerprint density at radius 1 is 1.33 bits per heavy atom. The second-order valence-electron chi connectivity index (χ2n) is 4.93. The first-order valence-electron chi connectivity index (χ1n) is 6.15. The largest absolute Gasteiger partial charge is 0.368 e. The monoisotopic (exact) mass is 292 g/mol. The second-order valence-corrected chi connectivity index (χ2v) is 4.93. The molecular formula is C12H16N6O3. The zero-order valence-corrected chi connectivity index (χ0v) is 11.7. The summed E-state index contributed by atoms with van der Waals surface area (Å²) in [7, 11) is 0. The second kappa shape index (κ2) is 5.37. The quantitative estimate of drug-likeness (QED) is 0.620. The lowest BCUT2D eigenvalue weighted by Gasteiger charge is -2.36. The Morgan fingerprint density at radius 2 is 1.95 bits per heavy atom. The van der Waals surface area contributed by atoms with Gasteiger partial charge in [-0.3, -0.25) is 15.0 Å². The summed E-state index contributed by atoms with van der Waals surface area (Å²) >= 11 is 0. The highest BCUT2D eigenvalue weighted by Gasteiger charge is 2.33. The van der Waals surface area contributed by atoms with Crippen molar-refractivity contribution in [3.8, 4) is 0 Å². The van der Waals surface area contributed by atoms with E-state index in [4.69, 9.17) is 16.3 Å². The highest BCUT2D eigenvalue weighted by atomic mass is 16.7. The number of nitro groups is 1. The summed E-state index contributed by atoms with van der Waals surface area (Å²) in [5, 5.41) is 11.9. The van der Waals surface area contributed by atoms with Gasteiger partial charge in [0.1, 0.15) is 6.61 Å². The van der Waals surface area contributed by atoms with Gasteiger partial charge in [0.25, 0.3) is 5.69 Å². The molecule has 1 aliphatic rings. The first-order chi connectivity index (χ1) is 9.79. The van der Waals surface area contributed by atoms with Crippen LogP contribution in [0.1, 0.15) is 19.4 Å². The summed E-state index contributed by atoms with van der Waals surface area (Å²) in [6, 6.07) is 6.04. The zero-order chi connectivity index (χ0) is 15.6. The minimum Gasteiger partial charge on any atom is -0.368 e. The molecule has 9 heteroatoms. The van der Waals surface area contributed by atoms with Gasteiger partial charge in [0.2, 0.25) is 11.9 Å². The normalized spacial score (nSPS) is 17.1. The van der Waals surface area contributed by atoms with Crippen molar-refractivity contribution in [2.45, 2.75) is 26.1 Å². The molecule has 0 spiro atoms. The molecule has 0 aliphatic carbocycles. The van der Waals surface area contributed by atoms with E-state index in [1.54, 1.807) is 26.0 Å². The summed E-state index contributed by atoms with van der Waals surface area (Å²) < 4.78 is 0. The number of benzene rings is 1. The van der Waals surface area contributed by atoms with Crippen molar-refractivity contribution >= 4 is 17.6 Å². The van der Waals surface area contributed by atoms with Crippen molar-refractivity contribution in [3.05, 3.63) is 39.9 Å². The van der Waals surface area contributed by atoms with Gasteiger partial charge in [-0.25, -0.2) is 4.99 Å². The molecule has 0 aromatic heterocycles. The molecule has 0 unspecified atom stereocenters.